The molecule has 3 aromatic heterocycles. The van der Waals surface area contributed by atoms with Crippen LogP contribution in [0.1, 0.15) is 26.2 Å². The number of hydrogen-bond acceptors (Lipinski definition) is 7. The Hall–Kier alpha value is -3.67. The smallest absolute Gasteiger partial charge is 0.243 e. The molecule has 2 atom stereocenters. The van der Waals surface area contributed by atoms with E-state index in [1.54, 1.807) is 39.0 Å². The molecule has 2 aliphatic rings. The van der Waals surface area contributed by atoms with E-state index in [9.17, 15) is 14.0 Å². The lowest BCUT2D eigenvalue weighted by Gasteiger charge is -2.20. The molecule has 2 fully saturated rings. The topological polar surface area (TPSA) is 109 Å². The van der Waals surface area contributed by atoms with Gasteiger partial charge in [-0.15, -0.1) is 0 Å². The predicted octanol–water partition coefficient (Wildman–Crippen LogP) is 3.49. The first kappa shape index (κ1) is 23.7. The first-order valence-electron chi connectivity index (χ1n) is 12.2. The Bertz CT molecular complexity index is 1540. The van der Waals surface area contributed by atoms with Crippen molar-refractivity contribution in [2.24, 2.45) is 5.92 Å². The summed E-state index contributed by atoms with van der Waals surface area (Å²) in [4.78, 5) is 41.6. The Balaban J connectivity index is 1.22. The van der Waals surface area contributed by atoms with E-state index in [1.807, 2.05) is 13.0 Å². The van der Waals surface area contributed by atoms with E-state index in [-0.39, 0.29) is 30.3 Å². The second kappa shape index (κ2) is 9.33. The Morgan fingerprint density at radius 1 is 1.27 bits per heavy atom. The van der Waals surface area contributed by atoms with Gasteiger partial charge in [0.2, 0.25) is 17.8 Å². The Morgan fingerprint density at radius 2 is 2.14 bits per heavy atom. The zero-order valence-electron chi connectivity index (χ0n) is 20.1. The van der Waals surface area contributed by atoms with Crippen molar-refractivity contribution in [3.8, 4) is 5.69 Å². The van der Waals surface area contributed by atoms with Crippen molar-refractivity contribution in [2.75, 3.05) is 25.1 Å². The number of halogens is 2. The van der Waals surface area contributed by atoms with E-state index in [4.69, 9.17) is 0 Å². The summed E-state index contributed by atoms with van der Waals surface area (Å²) in [5, 5.41) is 9.22. The molecule has 10 nitrogen and oxygen atoms in total. The molecule has 12 heteroatoms. The van der Waals surface area contributed by atoms with Gasteiger partial charge in [-0.2, -0.15) is 10.1 Å². The highest BCUT2D eigenvalue weighted by Crippen LogP contribution is 2.31. The number of aromatic nitrogens is 5. The number of hydrogen-bond donors (Lipinski definition) is 1. The van der Waals surface area contributed by atoms with Gasteiger partial charge in [0.25, 0.3) is 0 Å². The van der Waals surface area contributed by atoms with Crippen molar-refractivity contribution >= 4 is 55.6 Å². The maximum atomic E-state index is 14.8. The van der Waals surface area contributed by atoms with Gasteiger partial charge in [0.05, 0.1) is 17.7 Å². The average molecular weight is 567 g/mol. The standard InChI is InChI=1S/C25H24BrFN8O2/c1-2-33-13-34(12-20(33)36)24(37)15-5-6-16(8-15)30-25-29-11-18-22(26)32-35(23(18)31-25)17-9-14-4-3-7-28-21(14)19(27)10-17/h3-4,7,9-11,15-16H,2,5-6,8,12-13H2,1H3,(H,29,30,31)/t15-,16-/m1/s1. The third-order valence-electron chi connectivity index (χ3n) is 7.10. The van der Waals surface area contributed by atoms with Crippen molar-refractivity contribution in [3.63, 3.8) is 0 Å². The minimum Gasteiger partial charge on any atom is -0.351 e. The number of nitrogens with one attached hydrogen (secondary N) is 1. The van der Waals surface area contributed by atoms with Crippen LogP contribution >= 0.6 is 15.9 Å². The molecular formula is C25H24BrFN8O2. The highest BCUT2D eigenvalue weighted by Gasteiger charge is 2.37. The maximum Gasteiger partial charge on any atom is 0.243 e. The van der Waals surface area contributed by atoms with Crippen LogP contribution in [0, 0.1) is 11.7 Å². The number of carbonyl (C=O) groups excluding carboxylic acids is 2. The molecule has 2 amide bonds. The summed E-state index contributed by atoms with van der Waals surface area (Å²) in [5.74, 6) is -0.144. The lowest BCUT2D eigenvalue weighted by Crippen LogP contribution is -2.35. The van der Waals surface area contributed by atoms with E-state index < -0.39 is 5.82 Å². The van der Waals surface area contributed by atoms with E-state index in [2.05, 4.69) is 41.3 Å². The Kier molecular flexibility index (Phi) is 5.98. The number of amides is 2. The Labute approximate surface area is 220 Å². The molecule has 0 bridgehead atoms. The SMILES string of the molecule is CCN1CN(C(=O)[C@@H]2CC[C@@H](Nc3ncc4c(Br)nn(-c5cc(F)c6ncccc6c5)c4n3)C2)CC1=O. The second-order valence-electron chi connectivity index (χ2n) is 9.41. The molecule has 0 unspecified atom stereocenters. The molecule has 1 aliphatic heterocycles. The molecule has 0 radical (unpaired) electrons. The largest absolute Gasteiger partial charge is 0.351 e. The number of carbonyl (C=O) groups is 2. The summed E-state index contributed by atoms with van der Waals surface area (Å²) < 4.78 is 16.9. The zero-order valence-corrected chi connectivity index (χ0v) is 21.7. The van der Waals surface area contributed by atoms with Gasteiger partial charge in [-0.25, -0.2) is 14.1 Å². The first-order chi connectivity index (χ1) is 17.9. The van der Waals surface area contributed by atoms with Crippen LogP contribution in [0.2, 0.25) is 0 Å². The van der Waals surface area contributed by atoms with Gasteiger partial charge in [-0.3, -0.25) is 14.6 Å². The summed E-state index contributed by atoms with van der Waals surface area (Å²) in [7, 11) is 0. The number of rotatable bonds is 5. The molecule has 1 saturated heterocycles. The molecule has 1 aliphatic carbocycles. The van der Waals surface area contributed by atoms with E-state index in [0.29, 0.717) is 57.8 Å². The van der Waals surface area contributed by atoms with Crippen LogP contribution in [0.25, 0.3) is 27.6 Å². The minimum absolute atomic E-state index is 0.00412. The maximum absolute atomic E-state index is 14.8. The summed E-state index contributed by atoms with van der Waals surface area (Å²) in [5.41, 5.74) is 1.34. The summed E-state index contributed by atoms with van der Waals surface area (Å²) >= 11 is 3.46. The van der Waals surface area contributed by atoms with Crippen molar-refractivity contribution in [1.29, 1.82) is 0 Å². The van der Waals surface area contributed by atoms with Crippen molar-refractivity contribution in [2.45, 2.75) is 32.2 Å². The third-order valence-corrected chi connectivity index (χ3v) is 7.68. The summed E-state index contributed by atoms with van der Waals surface area (Å²) in [6, 6.07) is 6.78. The second-order valence-corrected chi connectivity index (χ2v) is 10.2. The van der Waals surface area contributed by atoms with E-state index in [0.717, 1.165) is 12.8 Å². The van der Waals surface area contributed by atoms with Crippen LogP contribution in [0.3, 0.4) is 0 Å². The number of likely N-dealkylation sites (N-methyl/N-ethyl adjacent to an activating group) is 1. The van der Waals surface area contributed by atoms with Crippen LogP contribution in [-0.4, -0.2) is 72.1 Å². The van der Waals surface area contributed by atoms with Crippen LogP contribution < -0.4 is 5.32 Å². The van der Waals surface area contributed by atoms with Gasteiger partial charge in [-0.05, 0) is 54.2 Å². The monoisotopic (exact) mass is 566 g/mol. The van der Waals surface area contributed by atoms with Gasteiger partial charge in [0.15, 0.2) is 11.5 Å². The van der Waals surface area contributed by atoms with Crippen molar-refractivity contribution in [1.82, 2.24) is 34.5 Å². The molecule has 1 aromatic carbocycles. The lowest BCUT2D eigenvalue weighted by molar-refractivity contribution is -0.135. The number of pyridine rings is 1. The number of benzene rings is 1. The van der Waals surface area contributed by atoms with Crippen molar-refractivity contribution < 1.29 is 14.0 Å². The fraction of sp³-hybridized carbons (Fsp3) is 0.360. The fourth-order valence-corrected chi connectivity index (χ4v) is 5.61. The van der Waals surface area contributed by atoms with Gasteiger partial charge >= 0.3 is 0 Å². The highest BCUT2D eigenvalue weighted by molar-refractivity contribution is 9.10. The summed E-state index contributed by atoms with van der Waals surface area (Å²) in [6.07, 6.45) is 5.40. The molecule has 37 heavy (non-hydrogen) atoms. The Morgan fingerprint density at radius 3 is 2.95 bits per heavy atom. The van der Waals surface area contributed by atoms with Crippen LogP contribution in [0.15, 0.2) is 41.3 Å². The fourth-order valence-electron chi connectivity index (χ4n) is 5.17. The average Bonchev–Trinajstić information content (AvgIpc) is 3.61. The molecule has 1 N–H and O–H groups in total. The van der Waals surface area contributed by atoms with Crippen LogP contribution in [-0.2, 0) is 9.59 Å². The number of nitrogens with zero attached hydrogens (tertiary/aromatic N) is 7. The summed E-state index contributed by atoms with van der Waals surface area (Å²) in [6.45, 7) is 3.04. The minimum atomic E-state index is -0.441. The molecular weight excluding hydrogens is 543 g/mol. The van der Waals surface area contributed by atoms with Gasteiger partial charge in [-0.1, -0.05) is 6.07 Å². The van der Waals surface area contributed by atoms with Gasteiger partial charge in [0.1, 0.15) is 16.7 Å². The third kappa shape index (κ3) is 4.28. The molecule has 4 aromatic rings. The highest BCUT2D eigenvalue weighted by atomic mass is 79.9. The predicted molar refractivity (Wildman–Crippen MR) is 138 cm³/mol. The molecule has 0 spiro atoms. The van der Waals surface area contributed by atoms with Crippen molar-refractivity contribution in [3.05, 3.63) is 47.1 Å². The lowest BCUT2D eigenvalue weighted by atomic mass is 10.1. The first-order valence-corrected chi connectivity index (χ1v) is 13.0. The zero-order chi connectivity index (χ0) is 25.7. The molecule has 4 heterocycles. The molecule has 1 saturated carbocycles. The van der Waals surface area contributed by atoms with Gasteiger partial charge < -0.3 is 15.1 Å². The normalized spacial score (nSPS) is 19.9. The van der Waals surface area contributed by atoms with E-state index in [1.165, 1.54) is 6.07 Å². The molecule has 190 valence electrons. The van der Waals surface area contributed by atoms with Gasteiger partial charge in [0, 0.05) is 42.4 Å². The number of anilines is 1. The van der Waals surface area contributed by atoms with Crippen LogP contribution in [0.4, 0.5) is 10.3 Å². The molecule has 6 rings (SSSR count). The van der Waals surface area contributed by atoms with Crippen LogP contribution in [0.5, 0.6) is 0 Å². The number of fused-ring (bicyclic) bond motifs is 2. The quantitative estimate of drug-likeness (QED) is 0.393. The van der Waals surface area contributed by atoms with E-state index >= 15 is 0 Å².